The molecule has 1 aliphatic heterocycles. The van der Waals surface area contributed by atoms with Crippen LogP contribution in [-0.2, 0) is 11.2 Å². The molecule has 20 heavy (non-hydrogen) atoms. The smallest absolute Gasteiger partial charge is 0.254 e. The Kier molecular flexibility index (Phi) is 4.74. The maximum atomic E-state index is 12.5. The Hall–Kier alpha value is -1.88. The first-order valence-electron chi connectivity index (χ1n) is 6.99. The molecule has 0 aliphatic carbocycles. The molecule has 1 aromatic rings. The van der Waals surface area contributed by atoms with Gasteiger partial charge in [0.25, 0.3) is 5.91 Å². The van der Waals surface area contributed by atoms with Crippen LogP contribution in [0.3, 0.4) is 0 Å². The van der Waals surface area contributed by atoms with E-state index in [4.69, 9.17) is 5.73 Å². The Morgan fingerprint density at radius 2 is 2.05 bits per heavy atom. The Labute approximate surface area is 119 Å². The van der Waals surface area contributed by atoms with Crippen LogP contribution in [0.5, 0.6) is 0 Å². The lowest BCUT2D eigenvalue weighted by Crippen LogP contribution is -2.44. The van der Waals surface area contributed by atoms with Crippen LogP contribution in [-0.4, -0.2) is 42.9 Å². The number of nitrogens with zero attached hydrogens (tertiary/aromatic N) is 1. The van der Waals surface area contributed by atoms with Crippen LogP contribution >= 0.6 is 0 Å². The molecular formula is C15H21N3O2. The summed E-state index contributed by atoms with van der Waals surface area (Å²) in [4.78, 5) is 25.9. The molecule has 0 radical (unpaired) electrons. The van der Waals surface area contributed by atoms with Crippen LogP contribution in [0.15, 0.2) is 24.3 Å². The number of carbonyl (C=O) groups is 2. The van der Waals surface area contributed by atoms with E-state index >= 15 is 0 Å². The quantitative estimate of drug-likeness (QED) is 0.842. The molecule has 1 aromatic carbocycles. The highest BCUT2D eigenvalue weighted by molar-refractivity contribution is 5.97. The predicted octanol–water partition coefficient (Wildman–Crippen LogP) is 0.538. The average Bonchev–Trinajstić information content (AvgIpc) is 2.96. The number of likely N-dealkylation sites (tertiary alicyclic amines) is 1. The van der Waals surface area contributed by atoms with Gasteiger partial charge >= 0.3 is 0 Å². The standard InChI is InChI=1S/C15H21N3O2/c1-17-14(19)13-3-2-10-18(13)15(20)12-6-4-11(5-7-12)8-9-16/h4-7,13H,2-3,8-10,16H2,1H3,(H,17,19). The number of nitrogens with two attached hydrogens (primary N) is 1. The Balaban J connectivity index is 2.11. The minimum Gasteiger partial charge on any atom is -0.357 e. The van der Waals surface area contributed by atoms with E-state index in [1.54, 1.807) is 11.9 Å². The van der Waals surface area contributed by atoms with Crippen molar-refractivity contribution in [2.75, 3.05) is 20.1 Å². The molecule has 0 aromatic heterocycles. The van der Waals surface area contributed by atoms with E-state index in [9.17, 15) is 9.59 Å². The lowest BCUT2D eigenvalue weighted by atomic mass is 10.1. The molecule has 0 saturated carbocycles. The highest BCUT2D eigenvalue weighted by Crippen LogP contribution is 2.20. The van der Waals surface area contributed by atoms with E-state index in [0.717, 1.165) is 24.8 Å². The largest absolute Gasteiger partial charge is 0.357 e. The molecule has 3 N–H and O–H groups in total. The fourth-order valence-electron chi connectivity index (χ4n) is 2.60. The van der Waals surface area contributed by atoms with Crippen LogP contribution in [0.4, 0.5) is 0 Å². The lowest BCUT2D eigenvalue weighted by Gasteiger charge is -2.23. The van der Waals surface area contributed by atoms with E-state index in [1.165, 1.54) is 0 Å². The molecule has 108 valence electrons. The Morgan fingerprint density at radius 1 is 1.35 bits per heavy atom. The minimum atomic E-state index is -0.337. The summed E-state index contributed by atoms with van der Waals surface area (Å²) in [6.07, 6.45) is 2.41. The maximum Gasteiger partial charge on any atom is 0.254 e. The van der Waals surface area contributed by atoms with Crippen molar-refractivity contribution in [2.45, 2.75) is 25.3 Å². The minimum absolute atomic E-state index is 0.0737. The normalized spacial score (nSPS) is 18.1. The second-order valence-corrected chi connectivity index (χ2v) is 5.01. The zero-order valence-electron chi connectivity index (χ0n) is 11.8. The van der Waals surface area contributed by atoms with Gasteiger partial charge in [-0.3, -0.25) is 9.59 Å². The van der Waals surface area contributed by atoms with Gasteiger partial charge in [-0.25, -0.2) is 0 Å². The van der Waals surface area contributed by atoms with Crippen molar-refractivity contribution in [3.05, 3.63) is 35.4 Å². The number of amides is 2. The van der Waals surface area contributed by atoms with Crippen LogP contribution in [0.1, 0.15) is 28.8 Å². The first-order valence-corrected chi connectivity index (χ1v) is 6.99. The van der Waals surface area contributed by atoms with Gasteiger partial charge in [0.05, 0.1) is 0 Å². The molecule has 5 nitrogen and oxygen atoms in total. The second kappa shape index (κ2) is 6.52. The summed E-state index contributed by atoms with van der Waals surface area (Å²) in [6, 6.07) is 7.13. The van der Waals surface area contributed by atoms with Crippen molar-refractivity contribution in [3.8, 4) is 0 Å². The summed E-state index contributed by atoms with van der Waals surface area (Å²) in [7, 11) is 1.60. The van der Waals surface area contributed by atoms with Crippen LogP contribution in [0, 0.1) is 0 Å². The number of rotatable bonds is 4. The zero-order chi connectivity index (χ0) is 14.5. The lowest BCUT2D eigenvalue weighted by molar-refractivity contribution is -0.124. The van der Waals surface area contributed by atoms with Gasteiger partial charge in [-0.05, 0) is 43.5 Å². The molecule has 0 bridgehead atoms. The van der Waals surface area contributed by atoms with Crippen LogP contribution in [0.2, 0.25) is 0 Å². The molecule has 1 fully saturated rings. The number of benzene rings is 1. The predicted molar refractivity (Wildman–Crippen MR) is 77.3 cm³/mol. The molecule has 2 rings (SSSR count). The Bertz CT molecular complexity index is 484. The number of nitrogens with one attached hydrogen (secondary N) is 1. The monoisotopic (exact) mass is 275 g/mol. The summed E-state index contributed by atoms with van der Waals surface area (Å²) in [6.45, 7) is 1.24. The summed E-state index contributed by atoms with van der Waals surface area (Å²) in [5.74, 6) is -0.161. The van der Waals surface area contributed by atoms with Gasteiger partial charge in [0.1, 0.15) is 6.04 Å². The molecule has 2 amide bonds. The van der Waals surface area contributed by atoms with Crippen molar-refractivity contribution in [1.82, 2.24) is 10.2 Å². The number of likely N-dealkylation sites (N-methyl/N-ethyl adjacent to an activating group) is 1. The first kappa shape index (κ1) is 14.5. The molecule has 5 heteroatoms. The zero-order valence-corrected chi connectivity index (χ0v) is 11.8. The number of hydrogen-bond acceptors (Lipinski definition) is 3. The van der Waals surface area contributed by atoms with E-state index in [1.807, 2.05) is 24.3 Å². The average molecular weight is 275 g/mol. The summed E-state index contributed by atoms with van der Waals surface area (Å²) in [5.41, 5.74) is 7.25. The fourth-order valence-corrected chi connectivity index (χ4v) is 2.60. The van der Waals surface area contributed by atoms with Gasteiger partial charge in [-0.1, -0.05) is 12.1 Å². The summed E-state index contributed by atoms with van der Waals surface area (Å²) >= 11 is 0. The maximum absolute atomic E-state index is 12.5. The molecule has 1 aliphatic rings. The highest BCUT2D eigenvalue weighted by atomic mass is 16.2. The molecule has 1 atom stereocenters. The molecule has 1 saturated heterocycles. The summed E-state index contributed by atoms with van der Waals surface area (Å²) < 4.78 is 0. The van der Waals surface area contributed by atoms with Crippen molar-refractivity contribution in [2.24, 2.45) is 5.73 Å². The van der Waals surface area contributed by atoms with Gasteiger partial charge < -0.3 is 16.0 Å². The van der Waals surface area contributed by atoms with Crippen LogP contribution < -0.4 is 11.1 Å². The van der Waals surface area contributed by atoms with Gasteiger partial charge in [0, 0.05) is 19.2 Å². The molecule has 1 unspecified atom stereocenters. The van der Waals surface area contributed by atoms with E-state index < -0.39 is 0 Å². The van der Waals surface area contributed by atoms with Crippen molar-refractivity contribution in [3.63, 3.8) is 0 Å². The van der Waals surface area contributed by atoms with Gasteiger partial charge in [0.15, 0.2) is 0 Å². The molecule has 1 heterocycles. The molecule has 0 spiro atoms. The first-order chi connectivity index (χ1) is 9.67. The third kappa shape index (κ3) is 2.99. The highest BCUT2D eigenvalue weighted by Gasteiger charge is 2.33. The molecular weight excluding hydrogens is 254 g/mol. The number of carbonyl (C=O) groups excluding carboxylic acids is 2. The summed E-state index contributed by atoms with van der Waals surface area (Å²) in [5, 5.41) is 2.62. The van der Waals surface area contributed by atoms with Gasteiger partial charge in [0.2, 0.25) is 5.91 Å². The van der Waals surface area contributed by atoms with Gasteiger partial charge in [-0.2, -0.15) is 0 Å². The van der Waals surface area contributed by atoms with Crippen LogP contribution in [0.25, 0.3) is 0 Å². The fraction of sp³-hybridized carbons (Fsp3) is 0.467. The SMILES string of the molecule is CNC(=O)C1CCCN1C(=O)c1ccc(CCN)cc1. The van der Waals surface area contributed by atoms with E-state index in [2.05, 4.69) is 5.32 Å². The van der Waals surface area contributed by atoms with E-state index in [-0.39, 0.29) is 17.9 Å². The second-order valence-electron chi connectivity index (χ2n) is 5.01. The van der Waals surface area contributed by atoms with E-state index in [0.29, 0.717) is 18.7 Å². The Morgan fingerprint density at radius 3 is 2.65 bits per heavy atom. The third-order valence-corrected chi connectivity index (χ3v) is 3.70. The van der Waals surface area contributed by atoms with Crippen molar-refractivity contribution in [1.29, 1.82) is 0 Å². The third-order valence-electron chi connectivity index (χ3n) is 3.70. The number of hydrogen-bond donors (Lipinski definition) is 2. The van der Waals surface area contributed by atoms with Gasteiger partial charge in [-0.15, -0.1) is 0 Å². The van der Waals surface area contributed by atoms with Crippen molar-refractivity contribution >= 4 is 11.8 Å². The topological polar surface area (TPSA) is 75.4 Å². The van der Waals surface area contributed by atoms with Crippen molar-refractivity contribution < 1.29 is 9.59 Å².